The molecule has 0 spiro atoms. The number of hydrogen-bond acceptors (Lipinski definition) is 5. The van der Waals surface area contributed by atoms with Gasteiger partial charge in [-0.25, -0.2) is 9.48 Å². The molecule has 0 aliphatic carbocycles. The number of aromatic nitrogens is 2. The second kappa shape index (κ2) is 10.7. The lowest BCUT2D eigenvalue weighted by Crippen LogP contribution is -2.18. The van der Waals surface area contributed by atoms with Crippen molar-refractivity contribution in [3.63, 3.8) is 0 Å². The number of halogens is 2. The fourth-order valence-corrected chi connectivity index (χ4v) is 4.71. The van der Waals surface area contributed by atoms with E-state index in [9.17, 15) is 9.90 Å². The second-order valence-electron chi connectivity index (χ2n) is 8.84. The van der Waals surface area contributed by atoms with Crippen LogP contribution in [-0.2, 0) is 13.2 Å². The van der Waals surface area contributed by atoms with Gasteiger partial charge in [-0.3, -0.25) is 0 Å². The molecule has 0 atom stereocenters. The van der Waals surface area contributed by atoms with Crippen molar-refractivity contribution in [2.45, 2.75) is 39.8 Å². The van der Waals surface area contributed by atoms with Gasteiger partial charge in [-0.1, -0.05) is 43.1 Å². The molecule has 2 aromatic carbocycles. The molecular formula is C27H27Cl2N3O4. The molecule has 9 heteroatoms. The van der Waals surface area contributed by atoms with Crippen LogP contribution in [0.15, 0.2) is 59.3 Å². The van der Waals surface area contributed by atoms with Gasteiger partial charge >= 0.3 is 5.97 Å². The Bertz CT molecular complexity index is 1370. The van der Waals surface area contributed by atoms with Crippen molar-refractivity contribution in [3.05, 3.63) is 93.1 Å². The molecule has 4 aromatic rings. The van der Waals surface area contributed by atoms with Crippen LogP contribution in [0.3, 0.4) is 0 Å². The highest BCUT2D eigenvalue weighted by molar-refractivity contribution is 6.37. The standard InChI is InChI=1S/C27H27Cl2N3O4/c1-16(2)20-13-30-32(26-21(28)6-5-7-22(26)29)24(20)15-36-18-8-9-23(17(3)12-18)31(4)14-25-19(27(33)34)10-11-35-25/h5-13,16H,14-15H2,1-4H3,(H,33,34). The Morgan fingerprint density at radius 3 is 2.56 bits per heavy atom. The molecule has 36 heavy (non-hydrogen) atoms. The van der Waals surface area contributed by atoms with Gasteiger partial charge in [0.2, 0.25) is 0 Å². The zero-order valence-corrected chi connectivity index (χ0v) is 22.0. The number of nitrogens with zero attached hydrogens (tertiary/aromatic N) is 3. The van der Waals surface area contributed by atoms with Crippen LogP contribution in [-0.4, -0.2) is 27.9 Å². The normalized spacial score (nSPS) is 11.2. The van der Waals surface area contributed by atoms with Crippen LogP contribution < -0.4 is 9.64 Å². The molecule has 0 aliphatic heterocycles. The van der Waals surface area contributed by atoms with Gasteiger partial charge in [0, 0.05) is 12.7 Å². The Kier molecular flexibility index (Phi) is 7.62. The summed E-state index contributed by atoms with van der Waals surface area (Å²) < 4.78 is 13.3. The van der Waals surface area contributed by atoms with Crippen LogP contribution in [0, 0.1) is 6.92 Å². The molecule has 7 nitrogen and oxygen atoms in total. The van der Waals surface area contributed by atoms with Crippen LogP contribution >= 0.6 is 23.2 Å². The van der Waals surface area contributed by atoms with Crippen LogP contribution in [0.25, 0.3) is 5.69 Å². The molecule has 0 unspecified atom stereocenters. The van der Waals surface area contributed by atoms with E-state index in [4.69, 9.17) is 32.4 Å². The third kappa shape index (κ3) is 5.22. The number of carboxylic acids is 1. The van der Waals surface area contributed by atoms with Crippen molar-refractivity contribution in [2.24, 2.45) is 0 Å². The van der Waals surface area contributed by atoms with Gasteiger partial charge in [0.25, 0.3) is 0 Å². The molecule has 2 aromatic heterocycles. The lowest BCUT2D eigenvalue weighted by molar-refractivity contribution is 0.0694. The molecular weight excluding hydrogens is 501 g/mol. The van der Waals surface area contributed by atoms with Crippen molar-refractivity contribution >= 4 is 34.9 Å². The van der Waals surface area contributed by atoms with Crippen LogP contribution in [0.2, 0.25) is 10.0 Å². The Labute approximate surface area is 219 Å². The molecule has 0 amide bonds. The van der Waals surface area contributed by atoms with Crippen molar-refractivity contribution in [3.8, 4) is 11.4 Å². The van der Waals surface area contributed by atoms with E-state index in [1.807, 2.05) is 43.3 Å². The minimum Gasteiger partial charge on any atom is -0.487 e. The average molecular weight is 528 g/mol. The van der Waals surface area contributed by atoms with E-state index >= 15 is 0 Å². The first-order chi connectivity index (χ1) is 17.2. The van der Waals surface area contributed by atoms with E-state index in [2.05, 4.69) is 18.9 Å². The van der Waals surface area contributed by atoms with Crippen molar-refractivity contribution in [1.82, 2.24) is 9.78 Å². The maximum Gasteiger partial charge on any atom is 0.339 e. The van der Waals surface area contributed by atoms with Crippen molar-refractivity contribution < 1.29 is 19.1 Å². The maximum atomic E-state index is 11.4. The van der Waals surface area contributed by atoms with E-state index in [0.717, 1.165) is 22.5 Å². The number of rotatable bonds is 9. The number of aryl methyl sites for hydroxylation is 1. The number of anilines is 1. The van der Waals surface area contributed by atoms with Crippen LogP contribution in [0.4, 0.5) is 5.69 Å². The molecule has 2 heterocycles. The first kappa shape index (κ1) is 25.7. The summed E-state index contributed by atoms with van der Waals surface area (Å²) in [5.41, 5.74) is 4.62. The third-order valence-corrected chi connectivity index (χ3v) is 6.59. The number of furan rings is 1. The number of ether oxygens (including phenoxy) is 1. The zero-order chi connectivity index (χ0) is 26.0. The van der Waals surface area contributed by atoms with E-state index in [0.29, 0.717) is 33.8 Å². The largest absolute Gasteiger partial charge is 0.487 e. The fourth-order valence-electron chi connectivity index (χ4n) is 4.15. The van der Waals surface area contributed by atoms with Gasteiger partial charge in [-0.15, -0.1) is 0 Å². The molecule has 0 saturated heterocycles. The Morgan fingerprint density at radius 2 is 1.92 bits per heavy atom. The number of benzene rings is 2. The van der Waals surface area contributed by atoms with Gasteiger partial charge in [0.05, 0.1) is 34.7 Å². The number of aromatic carboxylic acids is 1. The lowest BCUT2D eigenvalue weighted by Gasteiger charge is -2.21. The van der Waals surface area contributed by atoms with Gasteiger partial charge in [0.15, 0.2) is 0 Å². The molecule has 0 aliphatic rings. The summed E-state index contributed by atoms with van der Waals surface area (Å²) in [4.78, 5) is 13.3. The summed E-state index contributed by atoms with van der Waals surface area (Å²) in [5, 5.41) is 14.9. The van der Waals surface area contributed by atoms with E-state index in [1.165, 1.54) is 12.3 Å². The quantitative estimate of drug-likeness (QED) is 0.249. The Morgan fingerprint density at radius 1 is 1.19 bits per heavy atom. The smallest absolute Gasteiger partial charge is 0.339 e. The van der Waals surface area contributed by atoms with Crippen molar-refractivity contribution in [2.75, 3.05) is 11.9 Å². The monoisotopic (exact) mass is 527 g/mol. The molecule has 0 bridgehead atoms. The molecule has 0 saturated carbocycles. The molecule has 0 radical (unpaired) electrons. The predicted octanol–water partition coefficient (Wildman–Crippen LogP) is 7.12. The first-order valence-electron chi connectivity index (χ1n) is 11.4. The Balaban J connectivity index is 1.55. The van der Waals surface area contributed by atoms with E-state index < -0.39 is 5.97 Å². The highest BCUT2D eigenvalue weighted by Gasteiger charge is 2.20. The minimum atomic E-state index is -1.01. The third-order valence-electron chi connectivity index (χ3n) is 5.98. The zero-order valence-electron chi connectivity index (χ0n) is 20.5. The number of hydrogen-bond donors (Lipinski definition) is 1. The second-order valence-corrected chi connectivity index (χ2v) is 9.65. The summed E-state index contributed by atoms with van der Waals surface area (Å²) in [6, 6.07) is 12.6. The number of carbonyl (C=O) groups is 1. The predicted molar refractivity (Wildman–Crippen MR) is 141 cm³/mol. The van der Waals surface area contributed by atoms with Gasteiger partial charge in [-0.05, 0) is 60.4 Å². The number of carboxylic acid groups (broad SMARTS) is 1. The maximum absolute atomic E-state index is 11.4. The lowest BCUT2D eigenvalue weighted by atomic mass is 10.0. The molecule has 188 valence electrons. The number of para-hydroxylation sites is 1. The highest BCUT2D eigenvalue weighted by Crippen LogP contribution is 2.32. The summed E-state index contributed by atoms with van der Waals surface area (Å²) in [5.74, 6) is 0.318. The van der Waals surface area contributed by atoms with E-state index in [1.54, 1.807) is 22.9 Å². The summed E-state index contributed by atoms with van der Waals surface area (Å²) in [6.45, 7) is 6.78. The summed E-state index contributed by atoms with van der Waals surface area (Å²) >= 11 is 12.9. The molecule has 4 rings (SSSR count). The summed E-state index contributed by atoms with van der Waals surface area (Å²) in [7, 11) is 1.89. The minimum absolute atomic E-state index is 0.163. The summed E-state index contributed by atoms with van der Waals surface area (Å²) in [6.07, 6.45) is 3.22. The average Bonchev–Trinajstić information content (AvgIpc) is 3.45. The van der Waals surface area contributed by atoms with Crippen LogP contribution in [0.5, 0.6) is 5.75 Å². The topological polar surface area (TPSA) is 80.7 Å². The van der Waals surface area contributed by atoms with Crippen LogP contribution in [0.1, 0.15) is 52.7 Å². The first-order valence-corrected chi connectivity index (χ1v) is 12.2. The van der Waals surface area contributed by atoms with E-state index in [-0.39, 0.29) is 18.1 Å². The SMILES string of the molecule is Cc1cc(OCc2c(C(C)C)cnn2-c2c(Cl)cccc2Cl)ccc1N(C)Cc1occc1C(=O)O. The van der Waals surface area contributed by atoms with Gasteiger partial charge in [0.1, 0.15) is 29.4 Å². The highest BCUT2D eigenvalue weighted by atomic mass is 35.5. The Hall–Kier alpha value is -3.42. The molecule has 0 fully saturated rings. The fraction of sp³-hybridized carbons (Fsp3) is 0.259. The molecule has 1 N–H and O–H groups in total. The van der Waals surface area contributed by atoms with Gasteiger partial charge in [-0.2, -0.15) is 5.10 Å². The van der Waals surface area contributed by atoms with Crippen molar-refractivity contribution in [1.29, 1.82) is 0 Å². The van der Waals surface area contributed by atoms with Gasteiger partial charge < -0.3 is 19.2 Å².